The smallest absolute Gasteiger partial charge is 0.243 e. The summed E-state index contributed by atoms with van der Waals surface area (Å²) < 4.78 is 0. The fourth-order valence-electron chi connectivity index (χ4n) is 2.98. The molecule has 1 saturated carbocycles. The van der Waals surface area contributed by atoms with Gasteiger partial charge in [0.25, 0.3) is 0 Å². The van der Waals surface area contributed by atoms with E-state index in [0.29, 0.717) is 17.7 Å². The predicted molar refractivity (Wildman–Crippen MR) is 85.2 cm³/mol. The molecule has 3 atom stereocenters. The monoisotopic (exact) mass is 319 g/mol. The maximum Gasteiger partial charge on any atom is 0.243 e. The molecular formula is C15H21N5OS. The summed E-state index contributed by atoms with van der Waals surface area (Å²) in [4.78, 5) is 13.6. The summed E-state index contributed by atoms with van der Waals surface area (Å²) in [7, 11) is 0. The van der Waals surface area contributed by atoms with E-state index in [4.69, 9.17) is 0 Å². The molecule has 0 saturated heterocycles. The standard InChI is InChI=1S/C15H21N5OS/c1-10-4-3-5-13(11(10)2)16-14(21)8-20-18-15(17-19-20)12-6-7-22-9-12/h6-7,9-11,13H,3-5,8H2,1-2H3,(H,16,21)/t10-,11+,13-/m0/s1. The van der Waals surface area contributed by atoms with Crippen molar-refractivity contribution in [2.24, 2.45) is 11.8 Å². The molecule has 0 spiro atoms. The van der Waals surface area contributed by atoms with E-state index < -0.39 is 0 Å². The highest BCUT2D eigenvalue weighted by Gasteiger charge is 2.28. The molecule has 0 radical (unpaired) electrons. The lowest BCUT2D eigenvalue weighted by atomic mass is 9.78. The third-order valence-electron chi connectivity index (χ3n) is 4.57. The van der Waals surface area contributed by atoms with E-state index in [1.54, 1.807) is 11.3 Å². The molecule has 1 fully saturated rings. The van der Waals surface area contributed by atoms with Gasteiger partial charge < -0.3 is 5.32 Å². The van der Waals surface area contributed by atoms with Gasteiger partial charge in [-0.15, -0.1) is 10.2 Å². The molecule has 0 bridgehead atoms. The van der Waals surface area contributed by atoms with E-state index in [1.807, 2.05) is 16.8 Å². The van der Waals surface area contributed by atoms with Crippen molar-refractivity contribution in [3.8, 4) is 11.4 Å². The van der Waals surface area contributed by atoms with Gasteiger partial charge >= 0.3 is 0 Å². The van der Waals surface area contributed by atoms with Crippen LogP contribution in [0, 0.1) is 11.8 Å². The fraction of sp³-hybridized carbons (Fsp3) is 0.600. The largest absolute Gasteiger partial charge is 0.351 e. The average molecular weight is 319 g/mol. The predicted octanol–water partition coefficient (Wildman–Crippen LogP) is 2.34. The number of amides is 1. The summed E-state index contributed by atoms with van der Waals surface area (Å²) in [5.74, 6) is 1.70. The second-order valence-electron chi connectivity index (χ2n) is 6.10. The Kier molecular flexibility index (Phi) is 4.52. The van der Waals surface area contributed by atoms with Crippen molar-refractivity contribution in [1.82, 2.24) is 25.5 Å². The summed E-state index contributed by atoms with van der Waals surface area (Å²) in [6, 6.07) is 2.20. The van der Waals surface area contributed by atoms with Crippen molar-refractivity contribution in [1.29, 1.82) is 0 Å². The maximum absolute atomic E-state index is 12.2. The van der Waals surface area contributed by atoms with E-state index in [-0.39, 0.29) is 18.5 Å². The van der Waals surface area contributed by atoms with Crippen molar-refractivity contribution in [3.05, 3.63) is 16.8 Å². The van der Waals surface area contributed by atoms with Crippen LogP contribution in [0.2, 0.25) is 0 Å². The number of tetrazole rings is 1. The van der Waals surface area contributed by atoms with Gasteiger partial charge in [-0.1, -0.05) is 26.7 Å². The van der Waals surface area contributed by atoms with E-state index in [1.165, 1.54) is 17.6 Å². The second-order valence-corrected chi connectivity index (χ2v) is 6.88. The molecule has 0 aliphatic heterocycles. The Balaban J connectivity index is 1.58. The Hall–Kier alpha value is -1.76. The minimum Gasteiger partial charge on any atom is -0.351 e. The van der Waals surface area contributed by atoms with Crippen LogP contribution in [0.1, 0.15) is 33.1 Å². The van der Waals surface area contributed by atoms with Gasteiger partial charge in [0.05, 0.1) is 0 Å². The lowest BCUT2D eigenvalue weighted by molar-refractivity contribution is -0.123. The number of rotatable bonds is 4. The molecule has 6 nitrogen and oxygen atoms in total. The van der Waals surface area contributed by atoms with Crippen LogP contribution >= 0.6 is 11.3 Å². The van der Waals surface area contributed by atoms with Crippen LogP contribution < -0.4 is 5.32 Å². The highest BCUT2D eigenvalue weighted by Crippen LogP contribution is 2.29. The molecule has 0 unspecified atom stereocenters. The van der Waals surface area contributed by atoms with Crippen LogP contribution in [-0.2, 0) is 11.3 Å². The number of hydrogen-bond acceptors (Lipinski definition) is 5. The lowest BCUT2D eigenvalue weighted by Gasteiger charge is -2.34. The van der Waals surface area contributed by atoms with Crippen LogP contribution in [0.15, 0.2) is 16.8 Å². The fourth-order valence-corrected chi connectivity index (χ4v) is 3.62. The van der Waals surface area contributed by atoms with Crippen LogP contribution in [-0.4, -0.2) is 32.2 Å². The zero-order chi connectivity index (χ0) is 15.5. The lowest BCUT2D eigenvalue weighted by Crippen LogP contribution is -2.45. The van der Waals surface area contributed by atoms with Gasteiger partial charge in [-0.25, -0.2) is 0 Å². The molecule has 3 rings (SSSR count). The molecule has 1 aliphatic rings. The summed E-state index contributed by atoms with van der Waals surface area (Å²) >= 11 is 1.58. The van der Waals surface area contributed by atoms with Crippen LogP contribution in [0.25, 0.3) is 11.4 Å². The summed E-state index contributed by atoms with van der Waals surface area (Å²) in [6.07, 6.45) is 3.49. The quantitative estimate of drug-likeness (QED) is 0.939. The molecule has 2 aromatic heterocycles. The normalized spacial score (nSPS) is 25.1. The molecule has 1 aliphatic carbocycles. The van der Waals surface area contributed by atoms with Gasteiger partial charge in [0.15, 0.2) is 0 Å². The van der Waals surface area contributed by atoms with Crippen molar-refractivity contribution in [3.63, 3.8) is 0 Å². The van der Waals surface area contributed by atoms with Gasteiger partial charge in [-0.3, -0.25) is 4.79 Å². The summed E-state index contributed by atoms with van der Waals surface area (Å²) in [5, 5.41) is 19.3. The first kappa shape index (κ1) is 15.1. The molecule has 22 heavy (non-hydrogen) atoms. The number of nitrogens with zero attached hydrogens (tertiary/aromatic N) is 4. The minimum absolute atomic E-state index is 0.0415. The summed E-state index contributed by atoms with van der Waals surface area (Å²) in [5.41, 5.74) is 0.936. The number of aromatic nitrogens is 4. The molecule has 1 amide bonds. The molecule has 118 valence electrons. The average Bonchev–Trinajstić information content (AvgIpc) is 3.14. The first-order valence-electron chi connectivity index (χ1n) is 7.73. The van der Waals surface area contributed by atoms with Gasteiger partial charge in [0, 0.05) is 17.0 Å². The summed E-state index contributed by atoms with van der Waals surface area (Å²) in [6.45, 7) is 4.60. The Labute approximate surface area is 133 Å². The van der Waals surface area contributed by atoms with Crippen molar-refractivity contribution < 1.29 is 4.79 Å². The van der Waals surface area contributed by atoms with Gasteiger partial charge in [0.1, 0.15) is 6.54 Å². The first-order chi connectivity index (χ1) is 10.6. The van der Waals surface area contributed by atoms with Crippen LogP contribution in [0.4, 0.5) is 0 Å². The van der Waals surface area contributed by atoms with E-state index in [0.717, 1.165) is 12.0 Å². The SMILES string of the molecule is C[C@H]1[C@@H](NC(=O)Cn2nnc(-c3ccsc3)n2)CCC[C@@H]1C. The van der Waals surface area contributed by atoms with Crippen LogP contribution in [0.5, 0.6) is 0 Å². The Morgan fingerprint density at radius 1 is 1.45 bits per heavy atom. The van der Waals surface area contributed by atoms with Crippen LogP contribution in [0.3, 0.4) is 0 Å². The third kappa shape index (κ3) is 3.35. The van der Waals surface area contributed by atoms with Gasteiger partial charge in [-0.05, 0) is 34.9 Å². The maximum atomic E-state index is 12.2. The molecule has 2 heterocycles. The first-order valence-corrected chi connectivity index (χ1v) is 8.67. The zero-order valence-corrected chi connectivity index (χ0v) is 13.7. The van der Waals surface area contributed by atoms with E-state index in [9.17, 15) is 4.79 Å². The second kappa shape index (κ2) is 6.56. The third-order valence-corrected chi connectivity index (χ3v) is 5.25. The molecule has 1 N–H and O–H groups in total. The number of hydrogen-bond donors (Lipinski definition) is 1. The number of thiophene rings is 1. The highest BCUT2D eigenvalue weighted by atomic mass is 32.1. The highest BCUT2D eigenvalue weighted by molar-refractivity contribution is 7.08. The number of carbonyl (C=O) groups is 1. The Morgan fingerprint density at radius 2 is 2.32 bits per heavy atom. The molecule has 2 aromatic rings. The van der Waals surface area contributed by atoms with Gasteiger partial charge in [-0.2, -0.15) is 16.1 Å². The topological polar surface area (TPSA) is 72.7 Å². The zero-order valence-electron chi connectivity index (χ0n) is 12.9. The molecule has 7 heteroatoms. The minimum atomic E-state index is -0.0415. The van der Waals surface area contributed by atoms with Crippen molar-refractivity contribution in [2.75, 3.05) is 0 Å². The number of carbonyl (C=O) groups excluding carboxylic acids is 1. The Morgan fingerprint density at radius 3 is 3.09 bits per heavy atom. The van der Waals surface area contributed by atoms with Crippen molar-refractivity contribution in [2.45, 2.75) is 45.7 Å². The van der Waals surface area contributed by atoms with Crippen molar-refractivity contribution >= 4 is 17.2 Å². The Bertz CT molecular complexity index is 624. The van der Waals surface area contributed by atoms with Gasteiger partial charge in [0.2, 0.25) is 11.7 Å². The molecular weight excluding hydrogens is 298 g/mol. The van der Waals surface area contributed by atoms with E-state index in [2.05, 4.69) is 34.6 Å². The molecule has 0 aromatic carbocycles. The van der Waals surface area contributed by atoms with E-state index >= 15 is 0 Å². The number of nitrogens with one attached hydrogen (secondary N) is 1.